The number of halogens is 1. The number of rotatable bonds is 6. The number of piperidine rings is 1. The quantitative estimate of drug-likeness (QED) is 0.631. The molecule has 1 aliphatic carbocycles. The van der Waals surface area contributed by atoms with Crippen LogP contribution in [0, 0.1) is 12.7 Å². The summed E-state index contributed by atoms with van der Waals surface area (Å²) in [5.41, 5.74) is 0.813. The third-order valence-electron chi connectivity index (χ3n) is 7.47. The molecule has 5 rings (SSSR count). The summed E-state index contributed by atoms with van der Waals surface area (Å²) in [6.07, 6.45) is 10.8. The Balaban J connectivity index is 1.29. The molecule has 0 unspecified atom stereocenters. The van der Waals surface area contributed by atoms with E-state index < -0.39 is 15.7 Å². The van der Waals surface area contributed by atoms with Crippen LogP contribution in [0.25, 0.3) is 0 Å². The van der Waals surface area contributed by atoms with Gasteiger partial charge in [0.1, 0.15) is 24.1 Å². The van der Waals surface area contributed by atoms with Gasteiger partial charge in [-0.1, -0.05) is 19.3 Å². The standard InChI is InChI=1S/C25H33FN4O4S/c1-16-24(29-23-9-8-21(12-22(23)26)35(2,31)32)27-15-28-25(16)34-20-10-18-13-33-14-19(11-20)30(18)17-6-4-3-5-7-17/h8-9,12,15,17-20H,3-7,10-11,13-14H2,1-2H3,(H,27,28,29)/t18-,19+,20-. The lowest BCUT2D eigenvalue weighted by Crippen LogP contribution is -2.62. The minimum atomic E-state index is -3.49. The van der Waals surface area contributed by atoms with Crippen molar-refractivity contribution in [2.75, 3.05) is 24.8 Å². The minimum Gasteiger partial charge on any atom is -0.474 e. The Morgan fingerprint density at radius 2 is 1.80 bits per heavy atom. The van der Waals surface area contributed by atoms with Gasteiger partial charge in [0.05, 0.1) is 29.4 Å². The maximum Gasteiger partial charge on any atom is 0.221 e. The van der Waals surface area contributed by atoms with Crippen LogP contribution < -0.4 is 10.1 Å². The van der Waals surface area contributed by atoms with Crippen LogP contribution in [0.4, 0.5) is 15.9 Å². The molecule has 3 atom stereocenters. The number of morpholine rings is 1. The number of nitrogens with zero attached hydrogens (tertiary/aromatic N) is 3. The van der Waals surface area contributed by atoms with E-state index in [4.69, 9.17) is 9.47 Å². The molecular formula is C25H33FN4O4S. The number of fused-ring (bicyclic) bond motifs is 2. The molecule has 0 amide bonds. The summed E-state index contributed by atoms with van der Waals surface area (Å²) in [6, 6.07) is 5.15. The second kappa shape index (κ2) is 9.99. The monoisotopic (exact) mass is 504 g/mol. The van der Waals surface area contributed by atoms with E-state index in [1.807, 2.05) is 6.92 Å². The topological polar surface area (TPSA) is 93.7 Å². The largest absolute Gasteiger partial charge is 0.474 e. The molecular weight excluding hydrogens is 471 g/mol. The highest BCUT2D eigenvalue weighted by atomic mass is 32.2. The van der Waals surface area contributed by atoms with E-state index in [1.165, 1.54) is 50.6 Å². The van der Waals surface area contributed by atoms with Crippen molar-refractivity contribution in [1.29, 1.82) is 0 Å². The van der Waals surface area contributed by atoms with Crippen molar-refractivity contribution >= 4 is 21.3 Å². The fourth-order valence-corrected chi connectivity index (χ4v) is 6.39. The number of hydrogen-bond donors (Lipinski definition) is 1. The van der Waals surface area contributed by atoms with Gasteiger partial charge >= 0.3 is 0 Å². The van der Waals surface area contributed by atoms with Gasteiger partial charge in [-0.05, 0) is 38.0 Å². The fourth-order valence-electron chi connectivity index (χ4n) is 5.76. The zero-order valence-electron chi connectivity index (χ0n) is 20.2. The zero-order chi connectivity index (χ0) is 24.6. The molecule has 3 aliphatic rings. The summed E-state index contributed by atoms with van der Waals surface area (Å²) in [6.45, 7) is 3.32. The van der Waals surface area contributed by atoms with Crippen molar-refractivity contribution in [2.24, 2.45) is 0 Å². The van der Waals surface area contributed by atoms with E-state index >= 15 is 0 Å². The average Bonchev–Trinajstić information content (AvgIpc) is 2.82. The molecule has 1 saturated carbocycles. The molecule has 1 aromatic carbocycles. The Morgan fingerprint density at radius 3 is 2.46 bits per heavy atom. The van der Waals surface area contributed by atoms with E-state index in [0.29, 0.717) is 35.4 Å². The van der Waals surface area contributed by atoms with Gasteiger partial charge in [-0.15, -0.1) is 0 Å². The van der Waals surface area contributed by atoms with Crippen LogP contribution in [-0.2, 0) is 14.6 Å². The van der Waals surface area contributed by atoms with Gasteiger partial charge in [0.2, 0.25) is 5.88 Å². The highest BCUT2D eigenvalue weighted by Crippen LogP contribution is 2.37. The van der Waals surface area contributed by atoms with E-state index in [0.717, 1.165) is 38.4 Å². The van der Waals surface area contributed by atoms with Crippen LogP contribution in [0.5, 0.6) is 5.88 Å². The van der Waals surface area contributed by atoms with Crippen molar-refractivity contribution < 1.29 is 22.3 Å². The molecule has 0 spiro atoms. The van der Waals surface area contributed by atoms with Crippen molar-refractivity contribution in [2.45, 2.75) is 81.0 Å². The predicted molar refractivity (Wildman–Crippen MR) is 130 cm³/mol. The summed E-state index contributed by atoms with van der Waals surface area (Å²) in [4.78, 5) is 11.3. The maximum atomic E-state index is 14.6. The molecule has 1 N–H and O–H groups in total. The van der Waals surface area contributed by atoms with Crippen LogP contribution in [0.15, 0.2) is 29.4 Å². The molecule has 2 aromatic rings. The molecule has 8 nitrogen and oxygen atoms in total. The molecule has 190 valence electrons. The smallest absolute Gasteiger partial charge is 0.221 e. The summed E-state index contributed by atoms with van der Waals surface area (Å²) in [5.74, 6) is 0.228. The molecule has 2 aliphatic heterocycles. The third kappa shape index (κ3) is 5.29. The van der Waals surface area contributed by atoms with Crippen LogP contribution in [0.2, 0.25) is 0 Å². The van der Waals surface area contributed by atoms with Gasteiger partial charge in [-0.25, -0.2) is 22.8 Å². The highest BCUT2D eigenvalue weighted by molar-refractivity contribution is 7.90. The van der Waals surface area contributed by atoms with Gasteiger partial charge in [0.15, 0.2) is 9.84 Å². The minimum absolute atomic E-state index is 0.0287. The van der Waals surface area contributed by atoms with Gasteiger partial charge in [-0.3, -0.25) is 4.90 Å². The van der Waals surface area contributed by atoms with Gasteiger partial charge in [-0.2, -0.15) is 0 Å². The number of aromatic nitrogens is 2. The second-order valence-corrected chi connectivity index (χ2v) is 12.0. The Hall–Kier alpha value is -2.30. The average molecular weight is 505 g/mol. The van der Waals surface area contributed by atoms with Crippen LogP contribution in [-0.4, -0.2) is 67.0 Å². The predicted octanol–water partition coefficient (Wildman–Crippen LogP) is 4.01. The lowest BCUT2D eigenvalue weighted by molar-refractivity contribution is -0.122. The van der Waals surface area contributed by atoms with Gasteiger partial charge in [0.25, 0.3) is 0 Å². The number of benzene rings is 1. The third-order valence-corrected chi connectivity index (χ3v) is 8.58. The molecule has 3 heterocycles. The molecule has 1 aromatic heterocycles. The maximum absolute atomic E-state index is 14.6. The lowest BCUT2D eigenvalue weighted by atomic mass is 9.85. The number of anilines is 2. The van der Waals surface area contributed by atoms with E-state index in [1.54, 1.807) is 0 Å². The summed E-state index contributed by atoms with van der Waals surface area (Å²) >= 11 is 0. The first-order valence-electron chi connectivity index (χ1n) is 12.4. The Kier molecular flexibility index (Phi) is 6.96. The molecule has 0 radical (unpaired) electrons. The second-order valence-electron chi connectivity index (χ2n) is 9.99. The highest BCUT2D eigenvalue weighted by Gasteiger charge is 2.43. The van der Waals surface area contributed by atoms with Crippen LogP contribution >= 0.6 is 0 Å². The van der Waals surface area contributed by atoms with Gasteiger partial charge in [0, 0.05) is 37.2 Å². The SMILES string of the molecule is Cc1c(Nc2ccc(S(C)(=O)=O)cc2F)ncnc1O[C@H]1C[C@H]2COC[C@@H](C1)N2C1CCCCC1. The molecule has 3 fully saturated rings. The van der Waals surface area contributed by atoms with Crippen LogP contribution in [0.3, 0.4) is 0 Å². The zero-order valence-corrected chi connectivity index (χ0v) is 21.1. The first-order valence-corrected chi connectivity index (χ1v) is 14.3. The molecule has 2 saturated heterocycles. The first kappa shape index (κ1) is 24.4. The molecule has 10 heteroatoms. The summed E-state index contributed by atoms with van der Waals surface area (Å²) in [7, 11) is -3.49. The summed E-state index contributed by atoms with van der Waals surface area (Å²) < 4.78 is 50.2. The van der Waals surface area contributed by atoms with Crippen molar-refractivity contribution in [3.8, 4) is 5.88 Å². The van der Waals surface area contributed by atoms with E-state index in [-0.39, 0.29) is 16.7 Å². The Labute approximate surface area is 206 Å². The van der Waals surface area contributed by atoms with Crippen molar-refractivity contribution in [1.82, 2.24) is 14.9 Å². The Morgan fingerprint density at radius 1 is 1.09 bits per heavy atom. The fraction of sp³-hybridized carbons (Fsp3) is 0.600. The van der Waals surface area contributed by atoms with Crippen LogP contribution in [0.1, 0.15) is 50.5 Å². The number of sulfone groups is 1. The lowest BCUT2D eigenvalue weighted by Gasteiger charge is -2.52. The van der Waals surface area contributed by atoms with Crippen molar-refractivity contribution in [3.05, 3.63) is 35.9 Å². The summed E-state index contributed by atoms with van der Waals surface area (Å²) in [5, 5.41) is 2.96. The first-order chi connectivity index (χ1) is 16.8. The van der Waals surface area contributed by atoms with Gasteiger partial charge < -0.3 is 14.8 Å². The number of ether oxygens (including phenoxy) is 2. The molecule has 2 bridgehead atoms. The Bertz CT molecular complexity index is 1160. The number of nitrogens with one attached hydrogen (secondary N) is 1. The number of hydrogen-bond acceptors (Lipinski definition) is 8. The molecule has 35 heavy (non-hydrogen) atoms. The van der Waals surface area contributed by atoms with E-state index in [2.05, 4.69) is 20.2 Å². The van der Waals surface area contributed by atoms with E-state index in [9.17, 15) is 12.8 Å². The van der Waals surface area contributed by atoms with Crippen molar-refractivity contribution in [3.63, 3.8) is 0 Å². The normalized spacial score (nSPS) is 25.9.